The van der Waals surface area contributed by atoms with Crippen molar-refractivity contribution in [3.05, 3.63) is 51.6 Å². The maximum Gasteiger partial charge on any atom is 0.251 e. The molecule has 0 aliphatic rings. The molecule has 94 valence electrons. The minimum absolute atomic E-state index is 0.174. The molecule has 0 radical (unpaired) electrons. The van der Waals surface area contributed by atoms with Gasteiger partial charge >= 0.3 is 0 Å². The van der Waals surface area contributed by atoms with Crippen molar-refractivity contribution in [3.63, 3.8) is 0 Å². The SMILES string of the molecule is O=c1ccnc(Sc2ccnc3cc(Br)cnc23)[nH]1. The Bertz CT molecular complexity index is 805. The summed E-state index contributed by atoms with van der Waals surface area (Å²) in [5.41, 5.74) is 1.39. The number of H-pyrrole nitrogens is 1. The fourth-order valence-corrected chi connectivity index (χ4v) is 2.75. The number of hydrogen-bond acceptors (Lipinski definition) is 5. The minimum Gasteiger partial charge on any atom is -0.301 e. The zero-order valence-electron chi connectivity index (χ0n) is 9.50. The van der Waals surface area contributed by atoms with Crippen LogP contribution in [0, 0.1) is 0 Å². The first-order valence-corrected chi connectivity index (χ1v) is 6.97. The molecular weight excluding hydrogens is 328 g/mol. The molecule has 5 nitrogen and oxygen atoms in total. The topological polar surface area (TPSA) is 71.5 Å². The van der Waals surface area contributed by atoms with Gasteiger partial charge in [0.05, 0.1) is 5.52 Å². The fraction of sp³-hybridized carbons (Fsp3) is 0. The van der Waals surface area contributed by atoms with Crippen LogP contribution in [0.15, 0.2) is 56.1 Å². The Labute approximate surface area is 120 Å². The van der Waals surface area contributed by atoms with E-state index in [2.05, 4.69) is 35.9 Å². The highest BCUT2D eigenvalue weighted by Gasteiger charge is 2.07. The predicted molar refractivity (Wildman–Crippen MR) is 76.2 cm³/mol. The fourth-order valence-electron chi connectivity index (χ4n) is 1.57. The smallest absolute Gasteiger partial charge is 0.251 e. The van der Waals surface area contributed by atoms with Gasteiger partial charge in [0.15, 0.2) is 5.16 Å². The van der Waals surface area contributed by atoms with Gasteiger partial charge in [0.25, 0.3) is 5.56 Å². The Morgan fingerprint density at radius 3 is 2.84 bits per heavy atom. The Morgan fingerprint density at radius 2 is 2.00 bits per heavy atom. The van der Waals surface area contributed by atoms with E-state index < -0.39 is 0 Å². The van der Waals surface area contributed by atoms with Crippen molar-refractivity contribution in [1.29, 1.82) is 0 Å². The van der Waals surface area contributed by atoms with Crippen LogP contribution in [0.4, 0.5) is 0 Å². The molecule has 0 amide bonds. The number of hydrogen-bond donors (Lipinski definition) is 1. The molecule has 3 aromatic rings. The van der Waals surface area contributed by atoms with Gasteiger partial charge in [-0.25, -0.2) is 4.98 Å². The van der Waals surface area contributed by atoms with Crippen LogP contribution in [0.25, 0.3) is 11.0 Å². The summed E-state index contributed by atoms with van der Waals surface area (Å²) in [6.45, 7) is 0. The second-order valence-electron chi connectivity index (χ2n) is 3.67. The van der Waals surface area contributed by atoms with Crippen molar-refractivity contribution in [1.82, 2.24) is 19.9 Å². The van der Waals surface area contributed by atoms with Crippen LogP contribution < -0.4 is 5.56 Å². The number of pyridine rings is 2. The number of aromatic amines is 1. The van der Waals surface area contributed by atoms with E-state index in [1.54, 1.807) is 12.4 Å². The molecule has 0 atom stereocenters. The zero-order chi connectivity index (χ0) is 13.2. The van der Waals surface area contributed by atoms with E-state index in [1.807, 2.05) is 12.1 Å². The molecule has 0 unspecified atom stereocenters. The molecule has 0 fully saturated rings. The third kappa shape index (κ3) is 2.66. The van der Waals surface area contributed by atoms with Gasteiger partial charge in [0.2, 0.25) is 0 Å². The molecule has 1 N–H and O–H groups in total. The number of fused-ring (bicyclic) bond motifs is 1. The van der Waals surface area contributed by atoms with Crippen molar-refractivity contribution in [2.75, 3.05) is 0 Å². The van der Waals surface area contributed by atoms with Gasteiger partial charge in [0.1, 0.15) is 5.52 Å². The van der Waals surface area contributed by atoms with Crippen LogP contribution in [-0.2, 0) is 0 Å². The Hall–Kier alpha value is -1.73. The molecule has 0 aromatic carbocycles. The van der Waals surface area contributed by atoms with Crippen LogP contribution in [0.2, 0.25) is 0 Å². The average molecular weight is 335 g/mol. The maximum atomic E-state index is 11.2. The van der Waals surface area contributed by atoms with E-state index in [0.717, 1.165) is 20.4 Å². The monoisotopic (exact) mass is 334 g/mol. The minimum atomic E-state index is -0.174. The van der Waals surface area contributed by atoms with E-state index in [-0.39, 0.29) is 5.56 Å². The number of nitrogens with one attached hydrogen (secondary N) is 1. The molecule has 0 spiro atoms. The van der Waals surface area contributed by atoms with Gasteiger partial charge < -0.3 is 4.98 Å². The number of halogens is 1. The zero-order valence-corrected chi connectivity index (χ0v) is 11.9. The summed E-state index contributed by atoms with van der Waals surface area (Å²) >= 11 is 4.72. The quantitative estimate of drug-likeness (QED) is 0.729. The highest BCUT2D eigenvalue weighted by molar-refractivity contribution is 9.10. The lowest BCUT2D eigenvalue weighted by Gasteiger charge is -2.04. The number of aromatic nitrogens is 4. The van der Waals surface area contributed by atoms with Crippen molar-refractivity contribution >= 4 is 38.7 Å². The average Bonchev–Trinajstić information content (AvgIpc) is 2.38. The lowest BCUT2D eigenvalue weighted by Crippen LogP contribution is -2.05. The van der Waals surface area contributed by atoms with Crippen molar-refractivity contribution in [2.24, 2.45) is 0 Å². The number of rotatable bonds is 2. The highest BCUT2D eigenvalue weighted by atomic mass is 79.9. The van der Waals surface area contributed by atoms with Gasteiger partial charge in [-0.1, -0.05) is 0 Å². The van der Waals surface area contributed by atoms with Crippen molar-refractivity contribution in [3.8, 4) is 0 Å². The Kier molecular flexibility index (Phi) is 3.31. The first-order valence-electron chi connectivity index (χ1n) is 5.36. The molecule has 19 heavy (non-hydrogen) atoms. The molecule has 0 saturated heterocycles. The molecule has 3 heterocycles. The molecule has 0 aliphatic carbocycles. The van der Waals surface area contributed by atoms with Crippen LogP contribution >= 0.6 is 27.7 Å². The van der Waals surface area contributed by atoms with Gasteiger partial charge in [-0.15, -0.1) is 0 Å². The van der Waals surface area contributed by atoms with Crippen molar-refractivity contribution < 1.29 is 0 Å². The molecule has 3 aromatic heterocycles. The molecule has 7 heteroatoms. The normalized spacial score (nSPS) is 10.8. The largest absolute Gasteiger partial charge is 0.301 e. The second kappa shape index (κ2) is 5.10. The molecule has 0 aliphatic heterocycles. The van der Waals surface area contributed by atoms with Crippen LogP contribution in [0.1, 0.15) is 0 Å². The Morgan fingerprint density at radius 1 is 1.16 bits per heavy atom. The summed E-state index contributed by atoms with van der Waals surface area (Å²) < 4.78 is 0.876. The van der Waals surface area contributed by atoms with Crippen LogP contribution in [-0.4, -0.2) is 19.9 Å². The highest BCUT2D eigenvalue weighted by Crippen LogP contribution is 2.29. The molecule has 0 saturated carbocycles. The summed E-state index contributed by atoms with van der Waals surface area (Å²) in [6, 6.07) is 5.12. The van der Waals surface area contributed by atoms with E-state index in [4.69, 9.17) is 0 Å². The van der Waals surface area contributed by atoms with E-state index in [0.29, 0.717) is 5.16 Å². The first kappa shape index (κ1) is 12.3. The van der Waals surface area contributed by atoms with Crippen molar-refractivity contribution in [2.45, 2.75) is 10.1 Å². The van der Waals surface area contributed by atoms with E-state index in [1.165, 1.54) is 24.0 Å². The molecule has 3 rings (SSSR count). The van der Waals surface area contributed by atoms with Crippen LogP contribution in [0.3, 0.4) is 0 Å². The second-order valence-corrected chi connectivity index (χ2v) is 5.62. The third-order valence-corrected chi connectivity index (χ3v) is 3.75. The summed E-state index contributed by atoms with van der Waals surface area (Å²) in [6.07, 6.45) is 4.91. The van der Waals surface area contributed by atoms with E-state index in [9.17, 15) is 4.79 Å². The lowest BCUT2D eigenvalue weighted by molar-refractivity contribution is 0.937. The van der Waals surface area contributed by atoms with Gasteiger partial charge in [-0.3, -0.25) is 14.8 Å². The summed E-state index contributed by atoms with van der Waals surface area (Å²) in [4.78, 5) is 27.5. The summed E-state index contributed by atoms with van der Waals surface area (Å²) in [5, 5.41) is 0.532. The summed E-state index contributed by atoms with van der Waals surface area (Å²) in [7, 11) is 0. The van der Waals surface area contributed by atoms with Gasteiger partial charge in [-0.05, 0) is 39.8 Å². The third-order valence-electron chi connectivity index (χ3n) is 2.36. The Balaban J connectivity index is 2.08. The first-order chi connectivity index (χ1) is 9.22. The summed E-state index contributed by atoms with van der Waals surface area (Å²) in [5.74, 6) is 0. The maximum absolute atomic E-state index is 11.2. The molecular formula is C12H7BrN4OS. The predicted octanol–water partition coefficient (Wildman–Crippen LogP) is 2.63. The standard InChI is InChI=1S/C12H7BrN4OS/c13-7-5-8-11(16-6-7)9(1-3-14-8)19-12-15-4-2-10(18)17-12/h1-6H,(H,15,17,18). The van der Waals surface area contributed by atoms with E-state index >= 15 is 0 Å². The van der Waals surface area contributed by atoms with Gasteiger partial charge in [0, 0.05) is 34.0 Å². The van der Waals surface area contributed by atoms with Crippen LogP contribution in [0.5, 0.6) is 0 Å². The van der Waals surface area contributed by atoms with Gasteiger partial charge in [-0.2, -0.15) is 0 Å². The number of nitrogens with zero attached hydrogens (tertiary/aromatic N) is 3. The lowest BCUT2D eigenvalue weighted by atomic mass is 10.3. The molecule has 0 bridgehead atoms.